The van der Waals surface area contributed by atoms with Gasteiger partial charge >= 0.3 is 5.97 Å². The second-order valence-electron chi connectivity index (χ2n) is 7.30. The van der Waals surface area contributed by atoms with Gasteiger partial charge in [0.05, 0.1) is 19.2 Å². The van der Waals surface area contributed by atoms with E-state index in [1.54, 1.807) is 0 Å². The molecule has 4 heteroatoms. The van der Waals surface area contributed by atoms with Gasteiger partial charge in [0.15, 0.2) is 0 Å². The van der Waals surface area contributed by atoms with Crippen LogP contribution in [0.1, 0.15) is 64.4 Å². The van der Waals surface area contributed by atoms with Gasteiger partial charge in [-0.15, -0.1) is 5.06 Å². The van der Waals surface area contributed by atoms with Crippen molar-refractivity contribution in [3.05, 3.63) is 47.2 Å². The van der Waals surface area contributed by atoms with Gasteiger partial charge < -0.3 is 9.57 Å². The average molecular weight is 357 g/mol. The Morgan fingerprint density at radius 2 is 1.88 bits per heavy atom. The zero-order chi connectivity index (χ0) is 18.4. The fourth-order valence-electron chi connectivity index (χ4n) is 4.24. The molecule has 2 aliphatic rings. The number of carbonyl (C=O) groups excluding carboxylic acids is 1. The van der Waals surface area contributed by atoms with Crippen LogP contribution in [0.4, 0.5) is 0 Å². The monoisotopic (exact) mass is 357 g/mol. The Morgan fingerprint density at radius 1 is 1.15 bits per heavy atom. The van der Waals surface area contributed by atoms with Crippen molar-refractivity contribution in [2.75, 3.05) is 6.61 Å². The lowest BCUT2D eigenvalue weighted by molar-refractivity contribution is -0.162. The van der Waals surface area contributed by atoms with E-state index in [2.05, 4.69) is 19.1 Å². The van der Waals surface area contributed by atoms with Crippen LogP contribution in [0.3, 0.4) is 0 Å². The number of benzene rings is 1. The summed E-state index contributed by atoms with van der Waals surface area (Å²) in [4.78, 5) is 18.8. The molecule has 26 heavy (non-hydrogen) atoms. The summed E-state index contributed by atoms with van der Waals surface area (Å²) < 4.78 is 5.32. The number of ether oxygens (including phenoxy) is 1. The van der Waals surface area contributed by atoms with E-state index < -0.39 is 0 Å². The number of hydroxylamine groups is 2. The van der Waals surface area contributed by atoms with Crippen molar-refractivity contribution >= 4 is 5.97 Å². The number of carbonyl (C=O) groups is 1. The van der Waals surface area contributed by atoms with Gasteiger partial charge in [-0.1, -0.05) is 62.9 Å². The van der Waals surface area contributed by atoms with Crippen molar-refractivity contribution in [3.63, 3.8) is 0 Å². The van der Waals surface area contributed by atoms with Crippen LogP contribution >= 0.6 is 0 Å². The molecule has 1 aliphatic heterocycles. The van der Waals surface area contributed by atoms with Crippen LogP contribution in [0.15, 0.2) is 41.7 Å². The van der Waals surface area contributed by atoms with E-state index in [0.717, 1.165) is 25.7 Å². The molecule has 1 saturated carbocycles. The number of hydrogen-bond donors (Lipinski definition) is 0. The Bertz CT molecular complexity index is 620. The fraction of sp³-hybridized carbons (Fsp3) is 0.591. The minimum absolute atomic E-state index is 0.169. The lowest BCUT2D eigenvalue weighted by Crippen LogP contribution is -2.32. The summed E-state index contributed by atoms with van der Waals surface area (Å²) in [5.41, 5.74) is 2.39. The highest BCUT2D eigenvalue weighted by atomic mass is 16.7. The Hall–Kier alpha value is -1.81. The molecule has 1 aliphatic carbocycles. The molecule has 0 aromatic heterocycles. The third-order valence-electron chi connectivity index (χ3n) is 5.43. The van der Waals surface area contributed by atoms with Crippen LogP contribution in [0.5, 0.6) is 0 Å². The minimum atomic E-state index is -0.301. The van der Waals surface area contributed by atoms with Crippen molar-refractivity contribution in [2.45, 2.75) is 71.4 Å². The first kappa shape index (κ1) is 19.0. The number of nitrogens with zero attached hydrogens (tertiary/aromatic N) is 1. The highest BCUT2D eigenvalue weighted by molar-refractivity contribution is 5.88. The van der Waals surface area contributed by atoms with Gasteiger partial charge in [0.2, 0.25) is 5.76 Å². The van der Waals surface area contributed by atoms with Crippen LogP contribution < -0.4 is 0 Å². The number of hydrogen-bond acceptors (Lipinski definition) is 4. The third kappa shape index (κ3) is 4.29. The van der Waals surface area contributed by atoms with Crippen molar-refractivity contribution < 1.29 is 14.4 Å². The van der Waals surface area contributed by atoms with Gasteiger partial charge in [0.25, 0.3) is 0 Å². The van der Waals surface area contributed by atoms with Crippen LogP contribution in [0, 0.1) is 5.92 Å². The van der Waals surface area contributed by atoms with Crippen LogP contribution in [0.25, 0.3) is 0 Å². The third-order valence-corrected chi connectivity index (χ3v) is 5.43. The maximum absolute atomic E-state index is 12.6. The zero-order valence-electron chi connectivity index (χ0n) is 16.1. The normalized spacial score (nSPS) is 21.7. The lowest BCUT2D eigenvalue weighted by Gasteiger charge is -2.29. The molecule has 1 aromatic carbocycles. The van der Waals surface area contributed by atoms with E-state index in [1.807, 2.05) is 30.2 Å². The Morgan fingerprint density at radius 3 is 2.54 bits per heavy atom. The first-order chi connectivity index (χ1) is 12.7. The molecule has 0 N–H and O–H groups in total. The molecule has 142 valence electrons. The summed E-state index contributed by atoms with van der Waals surface area (Å²) in [5, 5.41) is 2.01. The maximum atomic E-state index is 12.6. The molecule has 0 radical (unpaired) electrons. The standard InChI is InChI=1S/C22H31NO3/c1-3-11-19-20(18-14-9-6-10-15-18)21(22(24)25-4-2)26-23(19)16-17-12-7-5-8-13-17/h5,7-8,12-13,18-19H,3-4,6,9-11,14-16H2,1-2H3. The average Bonchev–Trinajstić information content (AvgIpc) is 3.02. The lowest BCUT2D eigenvalue weighted by atomic mass is 9.79. The first-order valence-electron chi connectivity index (χ1n) is 10.1. The summed E-state index contributed by atoms with van der Waals surface area (Å²) in [6, 6.07) is 10.5. The molecule has 0 saturated heterocycles. The van der Waals surface area contributed by atoms with E-state index in [1.165, 1.54) is 30.4 Å². The summed E-state index contributed by atoms with van der Waals surface area (Å²) in [7, 11) is 0. The molecule has 1 unspecified atom stereocenters. The Kier molecular flexibility index (Phi) is 6.73. The molecular formula is C22H31NO3. The molecule has 4 nitrogen and oxygen atoms in total. The maximum Gasteiger partial charge on any atom is 0.376 e. The van der Waals surface area contributed by atoms with Crippen LogP contribution in [-0.4, -0.2) is 23.7 Å². The largest absolute Gasteiger partial charge is 0.460 e. The van der Waals surface area contributed by atoms with Gasteiger partial charge in [0.1, 0.15) is 0 Å². The molecule has 0 amide bonds. The minimum Gasteiger partial charge on any atom is -0.460 e. The topological polar surface area (TPSA) is 38.8 Å². The Labute approximate surface area is 157 Å². The summed E-state index contributed by atoms with van der Waals surface area (Å²) in [6.45, 7) is 5.10. The first-order valence-corrected chi connectivity index (χ1v) is 10.1. The second kappa shape index (κ2) is 9.22. The smallest absolute Gasteiger partial charge is 0.376 e. The highest BCUT2D eigenvalue weighted by Crippen LogP contribution is 2.41. The van der Waals surface area contributed by atoms with Crippen LogP contribution in [-0.2, 0) is 20.9 Å². The number of rotatable bonds is 7. The van der Waals surface area contributed by atoms with Gasteiger partial charge in [-0.25, -0.2) is 4.79 Å². The fourth-order valence-corrected chi connectivity index (χ4v) is 4.24. The van der Waals surface area contributed by atoms with Gasteiger partial charge in [-0.3, -0.25) is 0 Å². The van der Waals surface area contributed by atoms with E-state index in [9.17, 15) is 4.79 Å². The predicted molar refractivity (Wildman–Crippen MR) is 102 cm³/mol. The molecule has 3 rings (SSSR count). The van der Waals surface area contributed by atoms with E-state index in [4.69, 9.17) is 9.57 Å². The van der Waals surface area contributed by atoms with Crippen molar-refractivity contribution in [2.24, 2.45) is 5.92 Å². The number of esters is 1. The zero-order valence-corrected chi connectivity index (χ0v) is 16.1. The van der Waals surface area contributed by atoms with Crippen molar-refractivity contribution in [1.82, 2.24) is 5.06 Å². The van der Waals surface area contributed by atoms with Gasteiger partial charge in [0, 0.05) is 5.57 Å². The second-order valence-corrected chi connectivity index (χ2v) is 7.30. The molecule has 1 atom stereocenters. The molecule has 1 fully saturated rings. The summed E-state index contributed by atoms with van der Waals surface area (Å²) in [5.74, 6) is 0.610. The molecule has 1 heterocycles. The van der Waals surface area contributed by atoms with E-state index in [-0.39, 0.29) is 12.0 Å². The summed E-state index contributed by atoms with van der Waals surface area (Å²) >= 11 is 0. The van der Waals surface area contributed by atoms with Gasteiger partial charge in [-0.2, -0.15) is 0 Å². The molecule has 0 bridgehead atoms. The van der Waals surface area contributed by atoms with Gasteiger partial charge in [-0.05, 0) is 37.7 Å². The van der Waals surface area contributed by atoms with E-state index >= 15 is 0 Å². The quantitative estimate of drug-likeness (QED) is 0.644. The SMILES string of the molecule is CCCC1C(C2CCCCC2)=C(C(=O)OCC)ON1Cc1ccccc1. The van der Waals surface area contributed by atoms with E-state index in [0.29, 0.717) is 24.8 Å². The predicted octanol–water partition coefficient (Wildman–Crippen LogP) is 5.00. The molecule has 1 aromatic rings. The molecular weight excluding hydrogens is 326 g/mol. The van der Waals surface area contributed by atoms with Crippen molar-refractivity contribution in [1.29, 1.82) is 0 Å². The molecule has 0 spiro atoms. The van der Waals surface area contributed by atoms with Crippen LogP contribution in [0.2, 0.25) is 0 Å². The van der Waals surface area contributed by atoms with Crippen molar-refractivity contribution in [3.8, 4) is 0 Å². The summed E-state index contributed by atoms with van der Waals surface area (Å²) in [6.07, 6.45) is 8.14. The Balaban J connectivity index is 1.88. The highest BCUT2D eigenvalue weighted by Gasteiger charge is 2.41.